The average molecular weight is 514 g/mol. The highest BCUT2D eigenvalue weighted by atomic mass is 32.2. The minimum atomic E-state index is -4.04. The van der Waals surface area contributed by atoms with E-state index in [4.69, 9.17) is 25.2 Å². The van der Waals surface area contributed by atoms with Gasteiger partial charge in [0.15, 0.2) is 11.4 Å². The molecule has 11 heteroatoms. The number of methoxy groups -OCH3 is 2. The number of anilines is 1. The fourth-order valence-electron chi connectivity index (χ4n) is 4.09. The molecule has 0 radical (unpaired) electrons. The number of carbonyl (C=O) groups is 1. The van der Waals surface area contributed by atoms with E-state index in [0.29, 0.717) is 42.6 Å². The number of amides is 1. The van der Waals surface area contributed by atoms with E-state index in [2.05, 4.69) is 15.8 Å². The first-order valence-electron chi connectivity index (χ1n) is 11.3. The van der Waals surface area contributed by atoms with Crippen molar-refractivity contribution >= 4 is 32.7 Å². The standard InChI is InChI=1S/C25H27N3O7S/c1-5-16-7-8-19(32-3)22(13-16)36(30,31)27-25-24-20(33-4)11-17(12-21(24)35-26-25)15-34-18-9-10-28(14-18)23(29)6-2/h2,7-8,11-13,18H,5,9-10,14-15H2,1,3-4H3,(H,26,27)/t18-/m0/s1. The number of ether oxygens (including phenoxy) is 3. The molecule has 1 amide bonds. The number of aromatic nitrogens is 1. The lowest BCUT2D eigenvalue weighted by Gasteiger charge is -2.14. The monoisotopic (exact) mass is 513 g/mol. The van der Waals surface area contributed by atoms with E-state index in [1.807, 2.05) is 13.0 Å². The van der Waals surface area contributed by atoms with Crippen molar-refractivity contribution in [2.24, 2.45) is 0 Å². The van der Waals surface area contributed by atoms with Gasteiger partial charge in [-0.2, -0.15) is 0 Å². The summed E-state index contributed by atoms with van der Waals surface area (Å²) >= 11 is 0. The van der Waals surface area contributed by atoms with Crippen LogP contribution in [0.3, 0.4) is 0 Å². The van der Waals surface area contributed by atoms with E-state index in [9.17, 15) is 13.2 Å². The zero-order chi connectivity index (χ0) is 25.9. The Morgan fingerprint density at radius 3 is 2.69 bits per heavy atom. The van der Waals surface area contributed by atoms with Crippen molar-refractivity contribution < 1.29 is 31.9 Å². The molecule has 10 nitrogen and oxygen atoms in total. The van der Waals surface area contributed by atoms with Gasteiger partial charge in [0.2, 0.25) is 0 Å². The summed E-state index contributed by atoms with van der Waals surface area (Å²) in [6.45, 7) is 3.15. The normalized spacial score (nSPS) is 15.6. The number of hydrogen-bond acceptors (Lipinski definition) is 8. The van der Waals surface area contributed by atoms with Gasteiger partial charge in [-0.3, -0.25) is 9.52 Å². The second-order valence-corrected chi connectivity index (χ2v) is 9.91. The maximum absolute atomic E-state index is 13.2. The van der Waals surface area contributed by atoms with Gasteiger partial charge in [0.05, 0.1) is 26.9 Å². The maximum Gasteiger partial charge on any atom is 0.298 e. The van der Waals surface area contributed by atoms with E-state index in [-0.39, 0.29) is 35.1 Å². The van der Waals surface area contributed by atoms with Crippen LogP contribution in [0.4, 0.5) is 5.82 Å². The second kappa shape index (κ2) is 10.5. The smallest absolute Gasteiger partial charge is 0.298 e. The number of sulfonamides is 1. The van der Waals surface area contributed by atoms with Crippen molar-refractivity contribution in [3.8, 4) is 23.8 Å². The number of likely N-dealkylation sites (tertiary alicyclic amines) is 1. The second-order valence-electron chi connectivity index (χ2n) is 8.26. The summed E-state index contributed by atoms with van der Waals surface area (Å²) < 4.78 is 51.1. The van der Waals surface area contributed by atoms with Gasteiger partial charge in [-0.25, -0.2) is 8.42 Å². The van der Waals surface area contributed by atoms with E-state index in [1.165, 1.54) is 14.2 Å². The Balaban J connectivity index is 1.56. The molecule has 0 aliphatic carbocycles. The number of nitrogens with one attached hydrogen (secondary N) is 1. The van der Waals surface area contributed by atoms with Crippen molar-refractivity contribution in [2.45, 2.75) is 37.4 Å². The molecule has 0 bridgehead atoms. The first kappa shape index (κ1) is 25.3. The Hall–Kier alpha value is -3.75. The van der Waals surface area contributed by atoms with Crippen molar-refractivity contribution in [1.29, 1.82) is 0 Å². The Morgan fingerprint density at radius 1 is 1.22 bits per heavy atom. The average Bonchev–Trinajstić information content (AvgIpc) is 3.53. The first-order chi connectivity index (χ1) is 17.3. The summed E-state index contributed by atoms with van der Waals surface area (Å²) in [5, 5.41) is 4.32. The van der Waals surface area contributed by atoms with Crippen LogP contribution in [-0.4, -0.2) is 57.8 Å². The van der Waals surface area contributed by atoms with Gasteiger partial charge in [0.1, 0.15) is 21.8 Å². The largest absolute Gasteiger partial charge is 0.496 e. The Kier molecular flexibility index (Phi) is 7.37. The van der Waals surface area contributed by atoms with Crippen LogP contribution < -0.4 is 14.2 Å². The summed E-state index contributed by atoms with van der Waals surface area (Å²) in [6, 6.07) is 8.44. The number of hydrogen-bond donors (Lipinski definition) is 1. The van der Waals surface area contributed by atoms with Crippen molar-refractivity contribution in [3.05, 3.63) is 41.5 Å². The van der Waals surface area contributed by atoms with Crippen molar-refractivity contribution in [3.63, 3.8) is 0 Å². The highest BCUT2D eigenvalue weighted by Crippen LogP contribution is 2.36. The predicted octanol–water partition coefficient (Wildman–Crippen LogP) is 2.96. The molecule has 2 aromatic carbocycles. The molecular formula is C25H27N3O7S. The molecule has 1 atom stereocenters. The number of benzene rings is 2. The Morgan fingerprint density at radius 2 is 2.00 bits per heavy atom. The lowest BCUT2D eigenvalue weighted by molar-refractivity contribution is -0.124. The van der Waals surface area contributed by atoms with Crippen molar-refractivity contribution in [2.75, 3.05) is 32.0 Å². The Bertz CT molecular complexity index is 1430. The first-order valence-corrected chi connectivity index (χ1v) is 12.8. The van der Waals surface area contributed by atoms with Gasteiger partial charge in [-0.1, -0.05) is 18.1 Å². The van der Waals surface area contributed by atoms with Crippen LogP contribution in [0.25, 0.3) is 11.0 Å². The van der Waals surface area contributed by atoms with E-state index >= 15 is 0 Å². The van der Waals surface area contributed by atoms with Gasteiger partial charge in [0, 0.05) is 13.1 Å². The van der Waals surface area contributed by atoms with Crippen LogP contribution in [-0.2, 0) is 32.6 Å². The number of carbonyl (C=O) groups excluding carboxylic acids is 1. The SMILES string of the molecule is C#CC(=O)N1CC[C@H](OCc2cc(OC)c3c(NS(=O)(=O)c4cc(CC)ccc4OC)noc3c2)C1. The number of fused-ring (bicyclic) bond motifs is 1. The van der Waals surface area contributed by atoms with Gasteiger partial charge in [0.25, 0.3) is 15.9 Å². The summed E-state index contributed by atoms with van der Waals surface area (Å²) in [7, 11) is -1.16. The molecule has 0 spiro atoms. The summed E-state index contributed by atoms with van der Waals surface area (Å²) in [5.41, 5.74) is 1.91. The fourth-order valence-corrected chi connectivity index (χ4v) is 5.32. The van der Waals surface area contributed by atoms with E-state index in [1.54, 1.807) is 29.2 Å². The molecular weight excluding hydrogens is 486 g/mol. The fraction of sp³-hybridized carbons (Fsp3) is 0.360. The zero-order valence-electron chi connectivity index (χ0n) is 20.2. The highest BCUT2D eigenvalue weighted by molar-refractivity contribution is 7.92. The highest BCUT2D eigenvalue weighted by Gasteiger charge is 2.27. The third-order valence-corrected chi connectivity index (χ3v) is 7.38. The lowest BCUT2D eigenvalue weighted by Crippen LogP contribution is -2.28. The van der Waals surface area contributed by atoms with Gasteiger partial charge in [-0.05, 0) is 54.2 Å². The van der Waals surface area contributed by atoms with Crippen LogP contribution in [0.5, 0.6) is 11.5 Å². The van der Waals surface area contributed by atoms with Gasteiger partial charge >= 0.3 is 0 Å². The lowest BCUT2D eigenvalue weighted by atomic mass is 10.1. The van der Waals surface area contributed by atoms with Crippen LogP contribution in [0, 0.1) is 12.3 Å². The van der Waals surface area contributed by atoms with Gasteiger partial charge < -0.3 is 23.6 Å². The van der Waals surface area contributed by atoms with Crippen LogP contribution in [0.1, 0.15) is 24.5 Å². The molecule has 2 heterocycles. The molecule has 1 aromatic heterocycles. The number of terminal acetylenes is 1. The maximum atomic E-state index is 13.2. The molecule has 1 aliphatic rings. The number of nitrogens with zero attached hydrogens (tertiary/aromatic N) is 2. The molecule has 190 valence electrons. The summed E-state index contributed by atoms with van der Waals surface area (Å²) in [6.07, 6.45) is 6.39. The number of aryl methyl sites for hydroxylation is 1. The summed E-state index contributed by atoms with van der Waals surface area (Å²) in [4.78, 5) is 13.2. The zero-order valence-corrected chi connectivity index (χ0v) is 21.1. The molecule has 1 saturated heterocycles. The molecule has 4 rings (SSSR count). The Labute approximate surface area is 209 Å². The topological polar surface area (TPSA) is 120 Å². The minimum absolute atomic E-state index is 0.00147. The van der Waals surface area contributed by atoms with Crippen LogP contribution in [0.15, 0.2) is 39.8 Å². The van der Waals surface area contributed by atoms with Crippen molar-refractivity contribution in [1.82, 2.24) is 10.1 Å². The molecule has 3 aromatic rings. The third-order valence-electron chi connectivity index (χ3n) is 6.02. The minimum Gasteiger partial charge on any atom is -0.496 e. The molecule has 0 saturated carbocycles. The van der Waals surface area contributed by atoms with E-state index < -0.39 is 10.0 Å². The van der Waals surface area contributed by atoms with Gasteiger partial charge in [-0.15, -0.1) is 6.42 Å². The van der Waals surface area contributed by atoms with E-state index in [0.717, 1.165) is 11.1 Å². The molecule has 1 fully saturated rings. The summed E-state index contributed by atoms with van der Waals surface area (Å²) in [5.74, 6) is 2.35. The predicted molar refractivity (Wildman–Crippen MR) is 132 cm³/mol. The third kappa shape index (κ3) is 5.10. The quantitative estimate of drug-likeness (QED) is 0.434. The van der Waals surface area contributed by atoms with Crippen LogP contribution >= 0.6 is 0 Å². The number of rotatable bonds is 9. The molecule has 36 heavy (non-hydrogen) atoms. The molecule has 0 unspecified atom stereocenters. The molecule has 1 N–H and O–H groups in total. The van der Waals surface area contributed by atoms with Crippen LogP contribution in [0.2, 0.25) is 0 Å². The molecule has 1 aliphatic heterocycles.